The molecule has 0 saturated carbocycles. The van der Waals surface area contributed by atoms with Gasteiger partial charge in [-0.3, -0.25) is 4.79 Å². The van der Waals surface area contributed by atoms with Crippen LogP contribution in [-0.2, 0) is 14.8 Å². The van der Waals surface area contributed by atoms with E-state index in [4.69, 9.17) is 0 Å². The number of sulfonamides is 1. The minimum absolute atomic E-state index is 0.0482. The van der Waals surface area contributed by atoms with Crippen molar-refractivity contribution in [2.75, 3.05) is 26.2 Å². The number of hydrogen-bond acceptors (Lipinski definition) is 3. The molecule has 140 valence electrons. The summed E-state index contributed by atoms with van der Waals surface area (Å²) in [6.45, 7) is 9.15. The zero-order valence-electron chi connectivity index (χ0n) is 15.2. The van der Waals surface area contributed by atoms with Crippen LogP contribution in [0.15, 0.2) is 29.2 Å². The van der Waals surface area contributed by atoms with Crippen molar-refractivity contribution in [1.82, 2.24) is 9.62 Å². The molecule has 1 heterocycles. The van der Waals surface area contributed by atoms with Crippen LogP contribution in [0.1, 0.15) is 27.7 Å². The van der Waals surface area contributed by atoms with Crippen molar-refractivity contribution in [2.24, 2.45) is 0 Å². The summed E-state index contributed by atoms with van der Waals surface area (Å²) in [5.41, 5.74) is -0.305. The highest BCUT2D eigenvalue weighted by molar-refractivity contribution is 7.89. The van der Waals surface area contributed by atoms with Crippen LogP contribution < -0.4 is 10.2 Å². The van der Waals surface area contributed by atoms with Crippen LogP contribution in [0, 0.1) is 5.82 Å². The first-order chi connectivity index (χ1) is 11.5. The zero-order chi connectivity index (χ0) is 18.8. The van der Waals surface area contributed by atoms with Crippen LogP contribution in [0.2, 0.25) is 0 Å². The Kier molecular flexibility index (Phi) is 5.86. The minimum atomic E-state index is -3.85. The Morgan fingerprint density at radius 2 is 1.80 bits per heavy atom. The van der Waals surface area contributed by atoms with Crippen molar-refractivity contribution in [2.45, 2.75) is 44.2 Å². The van der Waals surface area contributed by atoms with E-state index in [2.05, 4.69) is 5.32 Å². The maximum absolute atomic E-state index is 13.8. The number of amides is 1. The van der Waals surface area contributed by atoms with Crippen molar-refractivity contribution in [3.05, 3.63) is 30.1 Å². The van der Waals surface area contributed by atoms with Gasteiger partial charge in [-0.15, -0.1) is 0 Å². The number of benzene rings is 1. The molecule has 0 aromatic heterocycles. The maximum Gasteiger partial charge on any atom is 0.278 e. The van der Waals surface area contributed by atoms with Gasteiger partial charge in [-0.05, 0) is 39.8 Å². The first-order valence-electron chi connectivity index (χ1n) is 8.43. The van der Waals surface area contributed by atoms with E-state index in [0.29, 0.717) is 13.1 Å². The third kappa shape index (κ3) is 4.77. The number of carbonyl (C=O) groups is 1. The summed E-state index contributed by atoms with van der Waals surface area (Å²) in [5.74, 6) is -0.789. The second-order valence-electron chi connectivity index (χ2n) is 7.45. The Labute approximate surface area is 149 Å². The number of piperazine rings is 1. The van der Waals surface area contributed by atoms with Gasteiger partial charge in [0.15, 0.2) is 6.04 Å². The lowest BCUT2D eigenvalue weighted by Gasteiger charge is -2.35. The Morgan fingerprint density at radius 3 is 2.32 bits per heavy atom. The molecule has 2 N–H and O–H groups in total. The van der Waals surface area contributed by atoms with Gasteiger partial charge in [-0.25, -0.2) is 12.8 Å². The SMILES string of the molecule is C[C@@H](C(=O)NC(C)(C)C)[NH+]1CCN(S(=O)(=O)c2ccccc2F)CC1. The Balaban J connectivity index is 2.02. The van der Waals surface area contributed by atoms with Crippen LogP contribution in [0.5, 0.6) is 0 Å². The molecule has 25 heavy (non-hydrogen) atoms. The van der Waals surface area contributed by atoms with E-state index in [1.54, 1.807) is 0 Å². The van der Waals surface area contributed by atoms with Gasteiger partial charge >= 0.3 is 0 Å². The molecule has 1 saturated heterocycles. The lowest BCUT2D eigenvalue weighted by atomic mass is 10.1. The highest BCUT2D eigenvalue weighted by atomic mass is 32.2. The van der Waals surface area contributed by atoms with Crippen LogP contribution in [0.4, 0.5) is 4.39 Å². The number of carbonyl (C=O) groups excluding carboxylic acids is 1. The largest absolute Gasteiger partial charge is 0.346 e. The van der Waals surface area contributed by atoms with Gasteiger partial charge in [0.05, 0.1) is 26.2 Å². The first-order valence-corrected chi connectivity index (χ1v) is 9.87. The third-order valence-electron chi connectivity index (χ3n) is 4.32. The van der Waals surface area contributed by atoms with E-state index in [0.717, 1.165) is 11.0 Å². The summed E-state index contributed by atoms with van der Waals surface area (Å²) < 4.78 is 40.3. The summed E-state index contributed by atoms with van der Waals surface area (Å²) in [6.07, 6.45) is 0. The number of quaternary nitrogens is 1. The molecular formula is C17H27FN3O3S+. The zero-order valence-corrected chi connectivity index (χ0v) is 16.0. The van der Waals surface area contributed by atoms with Gasteiger partial charge in [0.1, 0.15) is 10.7 Å². The Hall–Kier alpha value is -1.51. The minimum Gasteiger partial charge on any atom is -0.346 e. The number of hydrogen-bond donors (Lipinski definition) is 2. The van der Waals surface area contributed by atoms with E-state index >= 15 is 0 Å². The van der Waals surface area contributed by atoms with E-state index in [1.165, 1.54) is 22.5 Å². The molecule has 0 radical (unpaired) electrons. The lowest BCUT2D eigenvalue weighted by molar-refractivity contribution is -0.917. The average molecular weight is 372 g/mol. The van der Waals surface area contributed by atoms with Gasteiger partial charge in [-0.2, -0.15) is 4.31 Å². The number of halogens is 1. The fourth-order valence-electron chi connectivity index (χ4n) is 2.90. The van der Waals surface area contributed by atoms with Gasteiger partial charge in [0.25, 0.3) is 5.91 Å². The summed E-state index contributed by atoms with van der Waals surface area (Å²) >= 11 is 0. The monoisotopic (exact) mass is 372 g/mol. The van der Waals surface area contributed by atoms with Crippen LogP contribution in [0.3, 0.4) is 0 Å². The highest BCUT2D eigenvalue weighted by Gasteiger charge is 2.36. The molecule has 8 heteroatoms. The molecule has 1 aliphatic rings. The van der Waals surface area contributed by atoms with Crippen molar-refractivity contribution in [3.63, 3.8) is 0 Å². The molecule has 1 atom stereocenters. The fraction of sp³-hybridized carbons (Fsp3) is 0.588. The summed E-state index contributed by atoms with van der Waals surface area (Å²) in [7, 11) is -3.85. The molecule has 1 aromatic carbocycles. The van der Waals surface area contributed by atoms with Gasteiger partial charge in [0.2, 0.25) is 10.0 Å². The predicted octanol–water partition coefficient (Wildman–Crippen LogP) is 0.0181. The molecule has 1 fully saturated rings. The van der Waals surface area contributed by atoms with E-state index in [9.17, 15) is 17.6 Å². The molecule has 0 bridgehead atoms. The molecular weight excluding hydrogens is 345 g/mol. The second kappa shape index (κ2) is 7.39. The summed E-state index contributed by atoms with van der Waals surface area (Å²) in [6, 6.07) is 5.14. The van der Waals surface area contributed by atoms with Gasteiger partial charge < -0.3 is 10.2 Å². The van der Waals surface area contributed by atoms with E-state index in [1.807, 2.05) is 27.7 Å². The van der Waals surface area contributed by atoms with Crippen molar-refractivity contribution < 1.29 is 22.5 Å². The first kappa shape index (κ1) is 19.8. The van der Waals surface area contributed by atoms with Crippen molar-refractivity contribution in [3.8, 4) is 0 Å². The smallest absolute Gasteiger partial charge is 0.278 e. The molecule has 1 aliphatic heterocycles. The molecule has 0 aliphatic carbocycles. The quantitative estimate of drug-likeness (QED) is 0.783. The molecule has 1 aromatic rings. The molecule has 2 rings (SSSR count). The Morgan fingerprint density at radius 1 is 1.24 bits per heavy atom. The van der Waals surface area contributed by atoms with Gasteiger partial charge in [0, 0.05) is 5.54 Å². The van der Waals surface area contributed by atoms with E-state index in [-0.39, 0.29) is 35.5 Å². The molecule has 0 unspecified atom stereocenters. The normalized spacial score (nSPS) is 18.8. The molecule has 6 nitrogen and oxygen atoms in total. The highest BCUT2D eigenvalue weighted by Crippen LogP contribution is 2.18. The Bertz CT molecular complexity index is 723. The van der Waals surface area contributed by atoms with Gasteiger partial charge in [-0.1, -0.05) is 12.1 Å². The number of nitrogens with one attached hydrogen (secondary N) is 2. The molecule has 1 amide bonds. The van der Waals surface area contributed by atoms with Crippen molar-refractivity contribution in [1.29, 1.82) is 0 Å². The van der Waals surface area contributed by atoms with Crippen molar-refractivity contribution >= 4 is 15.9 Å². The molecule has 0 spiro atoms. The topological polar surface area (TPSA) is 70.9 Å². The summed E-state index contributed by atoms with van der Waals surface area (Å²) in [5, 5.41) is 2.95. The van der Waals surface area contributed by atoms with Crippen LogP contribution >= 0.6 is 0 Å². The fourth-order valence-corrected chi connectivity index (χ4v) is 4.41. The van der Waals surface area contributed by atoms with Crippen LogP contribution in [-0.4, -0.2) is 56.4 Å². The van der Waals surface area contributed by atoms with Crippen LogP contribution in [0.25, 0.3) is 0 Å². The third-order valence-corrected chi connectivity index (χ3v) is 6.25. The summed E-state index contributed by atoms with van der Waals surface area (Å²) in [4.78, 5) is 13.0. The standard InChI is InChI=1S/C17H26FN3O3S/c1-13(16(22)19-17(2,3)4)20-9-11-21(12-10-20)25(23,24)15-8-6-5-7-14(15)18/h5-8,13H,9-12H2,1-4H3,(H,19,22)/p+1/t13-/m0/s1. The lowest BCUT2D eigenvalue weighted by Crippen LogP contribution is -3.19. The predicted molar refractivity (Wildman–Crippen MR) is 93.2 cm³/mol. The number of nitrogens with zero attached hydrogens (tertiary/aromatic N) is 1. The maximum atomic E-state index is 13.8. The number of rotatable bonds is 4. The second-order valence-corrected chi connectivity index (χ2v) is 9.36. The van der Waals surface area contributed by atoms with E-state index < -0.39 is 15.8 Å². The average Bonchev–Trinajstić information content (AvgIpc) is 2.53.